The van der Waals surface area contributed by atoms with E-state index in [1.54, 1.807) is 0 Å². The molecule has 1 atom stereocenters. The Hall–Kier alpha value is -1.59. The van der Waals surface area contributed by atoms with Crippen LogP contribution in [0.3, 0.4) is 0 Å². The first kappa shape index (κ1) is 51.4. The van der Waals surface area contributed by atoms with E-state index in [1.807, 2.05) is 0 Å². The summed E-state index contributed by atoms with van der Waals surface area (Å²) in [5, 5.41) is 0. The number of carbonyl (C=O) groups excluding carboxylic acids is 3. The highest BCUT2D eigenvalue weighted by Gasteiger charge is 2.19. The summed E-state index contributed by atoms with van der Waals surface area (Å²) in [5.74, 6) is -0.0153. The molecule has 0 heterocycles. The van der Waals surface area contributed by atoms with Crippen LogP contribution in [0.15, 0.2) is 0 Å². The van der Waals surface area contributed by atoms with Gasteiger partial charge in [0.2, 0.25) is 0 Å². The zero-order chi connectivity index (χ0) is 38.9. The standard InChI is InChI=1S/C47H90O6/c1-5-7-9-11-13-14-19-23-27-31-35-39-46(49)52-42-44(41-51-45(48)38-34-30-25-12-10-8-6-2)53-47(50)40-36-32-28-24-21-18-16-15-17-20-22-26-29-33-37-43(3)4/h43-44H,5-42H2,1-4H3/t44-/m0/s1. The number of esters is 3. The van der Waals surface area contributed by atoms with Crippen LogP contribution in [-0.2, 0) is 28.6 Å². The van der Waals surface area contributed by atoms with Crippen molar-refractivity contribution in [2.75, 3.05) is 13.2 Å². The summed E-state index contributed by atoms with van der Waals surface area (Å²) >= 11 is 0. The SMILES string of the molecule is CCCCCCCCCCCCCC(=O)OC[C@H](COC(=O)CCCCCCCCC)OC(=O)CCCCCCCCCCCCCCCCC(C)C. The fourth-order valence-electron chi connectivity index (χ4n) is 6.98. The minimum absolute atomic E-state index is 0.0639. The predicted molar refractivity (Wildman–Crippen MR) is 224 cm³/mol. The lowest BCUT2D eigenvalue weighted by Gasteiger charge is -2.18. The molecule has 0 radical (unpaired) electrons. The maximum absolute atomic E-state index is 12.7. The zero-order valence-electron chi connectivity index (χ0n) is 36.0. The molecule has 0 unspecified atom stereocenters. The summed E-state index contributed by atoms with van der Waals surface area (Å²) in [6.07, 6.45) is 41.0. The summed E-state index contributed by atoms with van der Waals surface area (Å²) < 4.78 is 16.7. The Morgan fingerprint density at radius 3 is 0.925 bits per heavy atom. The number of rotatable bonds is 42. The van der Waals surface area contributed by atoms with Gasteiger partial charge >= 0.3 is 17.9 Å². The van der Waals surface area contributed by atoms with Crippen LogP contribution in [0.2, 0.25) is 0 Å². The molecule has 0 aromatic heterocycles. The van der Waals surface area contributed by atoms with Crippen molar-refractivity contribution < 1.29 is 28.6 Å². The van der Waals surface area contributed by atoms with Crippen LogP contribution in [0.1, 0.15) is 259 Å². The molecule has 0 N–H and O–H groups in total. The van der Waals surface area contributed by atoms with Crippen molar-refractivity contribution in [2.24, 2.45) is 5.92 Å². The molecule has 0 saturated carbocycles. The van der Waals surface area contributed by atoms with Crippen LogP contribution in [0.5, 0.6) is 0 Å². The lowest BCUT2D eigenvalue weighted by atomic mass is 10.0. The van der Waals surface area contributed by atoms with Gasteiger partial charge in [-0.3, -0.25) is 14.4 Å². The van der Waals surface area contributed by atoms with E-state index < -0.39 is 6.10 Å². The van der Waals surface area contributed by atoms with Gasteiger partial charge in [0.1, 0.15) is 13.2 Å². The Bertz CT molecular complexity index is 796. The van der Waals surface area contributed by atoms with Crippen molar-refractivity contribution in [2.45, 2.75) is 265 Å². The average molecular weight is 751 g/mol. The largest absolute Gasteiger partial charge is 0.462 e. The molecule has 0 fully saturated rings. The number of unbranched alkanes of at least 4 members (excludes halogenated alkanes) is 29. The van der Waals surface area contributed by atoms with E-state index in [9.17, 15) is 14.4 Å². The van der Waals surface area contributed by atoms with Crippen molar-refractivity contribution in [1.82, 2.24) is 0 Å². The van der Waals surface area contributed by atoms with Gasteiger partial charge in [-0.2, -0.15) is 0 Å². The van der Waals surface area contributed by atoms with Crippen LogP contribution in [0.4, 0.5) is 0 Å². The van der Waals surface area contributed by atoms with Crippen molar-refractivity contribution in [1.29, 1.82) is 0 Å². The first-order chi connectivity index (χ1) is 25.9. The highest BCUT2D eigenvalue weighted by atomic mass is 16.6. The van der Waals surface area contributed by atoms with Crippen LogP contribution >= 0.6 is 0 Å². The van der Waals surface area contributed by atoms with Gasteiger partial charge < -0.3 is 14.2 Å². The maximum atomic E-state index is 12.7. The summed E-state index contributed by atoms with van der Waals surface area (Å²) in [7, 11) is 0. The van der Waals surface area contributed by atoms with Crippen LogP contribution < -0.4 is 0 Å². The van der Waals surface area contributed by atoms with E-state index in [-0.39, 0.29) is 31.1 Å². The second-order valence-corrected chi connectivity index (χ2v) is 16.5. The Labute approximate surface area is 329 Å². The molecule has 53 heavy (non-hydrogen) atoms. The van der Waals surface area contributed by atoms with Gasteiger partial charge in [0, 0.05) is 19.3 Å². The number of hydrogen-bond acceptors (Lipinski definition) is 6. The molecule has 0 amide bonds. The molecule has 0 aliphatic carbocycles. The van der Waals surface area contributed by atoms with Gasteiger partial charge in [0.05, 0.1) is 0 Å². The van der Waals surface area contributed by atoms with Gasteiger partial charge in [0.25, 0.3) is 0 Å². The lowest BCUT2D eigenvalue weighted by molar-refractivity contribution is -0.167. The molecule has 6 heteroatoms. The third kappa shape index (κ3) is 41.4. The third-order valence-corrected chi connectivity index (χ3v) is 10.5. The molecule has 0 bridgehead atoms. The molecule has 0 rings (SSSR count). The van der Waals surface area contributed by atoms with Crippen LogP contribution in [0.25, 0.3) is 0 Å². The molecule has 6 nitrogen and oxygen atoms in total. The topological polar surface area (TPSA) is 78.9 Å². The predicted octanol–water partition coefficient (Wildman–Crippen LogP) is 14.7. The molecular weight excluding hydrogens is 661 g/mol. The van der Waals surface area contributed by atoms with Crippen molar-refractivity contribution in [3.8, 4) is 0 Å². The van der Waals surface area contributed by atoms with Gasteiger partial charge in [-0.25, -0.2) is 0 Å². The summed E-state index contributed by atoms with van der Waals surface area (Å²) in [4.78, 5) is 37.6. The lowest BCUT2D eigenvalue weighted by Crippen LogP contribution is -2.30. The number of carbonyl (C=O) groups is 3. The molecule has 0 saturated heterocycles. The second kappa shape index (κ2) is 41.6. The highest BCUT2D eigenvalue weighted by molar-refractivity contribution is 5.71. The molecular formula is C47H90O6. The Balaban J connectivity index is 4.22. The van der Waals surface area contributed by atoms with Crippen molar-refractivity contribution >= 4 is 17.9 Å². The fourth-order valence-corrected chi connectivity index (χ4v) is 6.98. The first-order valence-corrected chi connectivity index (χ1v) is 23.4. The van der Waals surface area contributed by atoms with E-state index in [0.717, 1.165) is 63.7 Å². The van der Waals surface area contributed by atoms with Gasteiger partial charge in [0.15, 0.2) is 6.10 Å². The molecule has 0 spiro atoms. The van der Waals surface area contributed by atoms with E-state index in [1.165, 1.54) is 154 Å². The van der Waals surface area contributed by atoms with E-state index >= 15 is 0 Å². The smallest absolute Gasteiger partial charge is 0.306 e. The minimum Gasteiger partial charge on any atom is -0.462 e. The molecule has 314 valence electrons. The van der Waals surface area contributed by atoms with Crippen molar-refractivity contribution in [3.05, 3.63) is 0 Å². The molecule has 0 aliphatic heterocycles. The van der Waals surface area contributed by atoms with E-state index in [2.05, 4.69) is 27.7 Å². The van der Waals surface area contributed by atoms with Crippen molar-refractivity contribution in [3.63, 3.8) is 0 Å². The van der Waals surface area contributed by atoms with Gasteiger partial charge in [-0.15, -0.1) is 0 Å². The molecule has 0 aromatic carbocycles. The second-order valence-electron chi connectivity index (χ2n) is 16.5. The molecule has 0 aliphatic rings. The Morgan fingerprint density at radius 2 is 0.623 bits per heavy atom. The van der Waals surface area contributed by atoms with Gasteiger partial charge in [-0.1, -0.05) is 220 Å². The zero-order valence-corrected chi connectivity index (χ0v) is 36.0. The van der Waals surface area contributed by atoms with Gasteiger partial charge in [-0.05, 0) is 25.2 Å². The maximum Gasteiger partial charge on any atom is 0.306 e. The Kier molecular flexibility index (Phi) is 40.3. The average Bonchev–Trinajstić information content (AvgIpc) is 3.14. The quantitative estimate of drug-likeness (QED) is 0.0351. The van der Waals surface area contributed by atoms with Crippen LogP contribution in [0, 0.1) is 5.92 Å². The van der Waals surface area contributed by atoms with Crippen LogP contribution in [-0.4, -0.2) is 37.2 Å². The summed E-state index contributed by atoms with van der Waals surface area (Å²) in [6.45, 7) is 8.97. The first-order valence-electron chi connectivity index (χ1n) is 23.4. The highest BCUT2D eigenvalue weighted by Crippen LogP contribution is 2.16. The normalized spacial score (nSPS) is 11.9. The third-order valence-electron chi connectivity index (χ3n) is 10.5. The summed E-state index contributed by atoms with van der Waals surface area (Å²) in [6, 6.07) is 0. The number of ether oxygens (including phenoxy) is 3. The Morgan fingerprint density at radius 1 is 0.358 bits per heavy atom. The van der Waals surface area contributed by atoms with E-state index in [0.29, 0.717) is 19.3 Å². The minimum atomic E-state index is -0.758. The molecule has 0 aromatic rings. The van der Waals surface area contributed by atoms with E-state index in [4.69, 9.17) is 14.2 Å². The monoisotopic (exact) mass is 751 g/mol. The summed E-state index contributed by atoms with van der Waals surface area (Å²) in [5.41, 5.74) is 0. The fraction of sp³-hybridized carbons (Fsp3) is 0.936. The number of hydrogen-bond donors (Lipinski definition) is 0.